The smallest absolute Gasteiger partial charge is 0.185 e. The van der Waals surface area contributed by atoms with Gasteiger partial charge >= 0.3 is 0 Å². The molecule has 2 unspecified atom stereocenters. The van der Waals surface area contributed by atoms with Gasteiger partial charge in [0.25, 0.3) is 0 Å². The van der Waals surface area contributed by atoms with E-state index in [0.717, 1.165) is 5.56 Å². The largest absolute Gasteiger partial charge is 0.498 e. The Bertz CT molecular complexity index is 1510. The molecule has 1 heterocycles. The summed E-state index contributed by atoms with van der Waals surface area (Å²) >= 11 is 6.16. The molecular formula is C32H36ClFO6S. The number of benzene rings is 3. The van der Waals surface area contributed by atoms with Gasteiger partial charge in [0.2, 0.25) is 0 Å². The molecule has 1 aliphatic heterocycles. The van der Waals surface area contributed by atoms with Crippen LogP contribution < -0.4 is 14.2 Å². The highest BCUT2D eigenvalue weighted by Gasteiger charge is 2.41. The molecule has 3 aromatic carbocycles. The van der Waals surface area contributed by atoms with Gasteiger partial charge in [-0.15, -0.1) is 0 Å². The van der Waals surface area contributed by atoms with Gasteiger partial charge in [0.15, 0.2) is 9.84 Å². The fraction of sp³-hybridized carbons (Fsp3) is 0.375. The number of ether oxygens (including phenoxy) is 4. The molecule has 41 heavy (non-hydrogen) atoms. The van der Waals surface area contributed by atoms with Crippen molar-refractivity contribution in [1.82, 2.24) is 0 Å². The van der Waals surface area contributed by atoms with E-state index in [1.54, 1.807) is 42.5 Å². The second-order valence-corrected chi connectivity index (χ2v) is 13.3. The van der Waals surface area contributed by atoms with Crippen molar-refractivity contribution in [3.63, 3.8) is 0 Å². The minimum Gasteiger partial charge on any atom is -0.498 e. The molecule has 0 amide bonds. The quantitative estimate of drug-likeness (QED) is 0.207. The molecule has 0 aromatic heterocycles. The standard InChI is InChI=1S/C32H36ClFO6S/c1-7-38-21(3)32(4,5)18-23-16-31(41(35,36)24-13-11-20(2)30(17-24)37-6)25-15-22(12-14-29(25)40-23)39-19-26-27(33)9-8-10-28(26)34/h8-15,17,23,31H,3,7,16,18-19H2,1-2,4-6H3. The Morgan fingerprint density at radius 3 is 2.61 bits per heavy atom. The Kier molecular flexibility index (Phi) is 9.24. The Morgan fingerprint density at radius 1 is 1.17 bits per heavy atom. The monoisotopic (exact) mass is 602 g/mol. The van der Waals surface area contributed by atoms with Crippen LogP contribution in [0.5, 0.6) is 17.2 Å². The lowest BCUT2D eigenvalue weighted by Gasteiger charge is -2.37. The molecule has 0 saturated carbocycles. The SMILES string of the molecule is C=C(OCC)C(C)(C)CC1CC(S(=O)(=O)c2ccc(C)c(OC)c2)c2cc(OCc3c(F)cccc3Cl)ccc2O1. The van der Waals surface area contributed by atoms with Crippen molar-refractivity contribution in [2.45, 2.75) is 63.4 Å². The van der Waals surface area contributed by atoms with Crippen LogP contribution >= 0.6 is 11.6 Å². The summed E-state index contributed by atoms with van der Waals surface area (Å²) in [4.78, 5) is 0.152. The molecule has 2 atom stereocenters. The van der Waals surface area contributed by atoms with Crippen LogP contribution in [0.15, 0.2) is 71.8 Å². The van der Waals surface area contributed by atoms with E-state index in [2.05, 4.69) is 6.58 Å². The van der Waals surface area contributed by atoms with Gasteiger partial charge in [-0.2, -0.15) is 0 Å². The second kappa shape index (κ2) is 12.3. The first-order chi connectivity index (χ1) is 19.4. The minimum atomic E-state index is -3.89. The van der Waals surface area contributed by atoms with Crippen LogP contribution in [0.1, 0.15) is 55.6 Å². The van der Waals surface area contributed by atoms with Crippen LogP contribution in [-0.2, 0) is 21.2 Å². The van der Waals surface area contributed by atoms with Crippen LogP contribution in [0.25, 0.3) is 0 Å². The van der Waals surface area contributed by atoms with Crippen molar-refractivity contribution in [3.05, 3.63) is 94.5 Å². The average molecular weight is 603 g/mol. The lowest BCUT2D eigenvalue weighted by Crippen LogP contribution is -2.34. The second-order valence-electron chi connectivity index (χ2n) is 10.8. The van der Waals surface area contributed by atoms with E-state index < -0.39 is 32.4 Å². The summed E-state index contributed by atoms with van der Waals surface area (Å²) in [5, 5.41) is -0.681. The summed E-state index contributed by atoms with van der Waals surface area (Å²) in [5.74, 6) is 1.45. The number of hydrogen-bond donors (Lipinski definition) is 0. The minimum absolute atomic E-state index is 0.117. The summed E-state index contributed by atoms with van der Waals surface area (Å²) in [5.41, 5.74) is 1.06. The van der Waals surface area contributed by atoms with Gasteiger partial charge in [-0.1, -0.05) is 44.2 Å². The predicted octanol–water partition coefficient (Wildman–Crippen LogP) is 8.01. The summed E-state index contributed by atoms with van der Waals surface area (Å²) in [6.45, 7) is 12.2. The average Bonchev–Trinajstić information content (AvgIpc) is 2.92. The molecule has 0 N–H and O–H groups in total. The van der Waals surface area contributed by atoms with Gasteiger partial charge in [-0.3, -0.25) is 0 Å². The van der Waals surface area contributed by atoms with E-state index in [0.29, 0.717) is 41.6 Å². The van der Waals surface area contributed by atoms with E-state index in [1.807, 2.05) is 27.7 Å². The van der Waals surface area contributed by atoms with Crippen molar-refractivity contribution in [1.29, 1.82) is 0 Å². The Labute approximate surface area is 247 Å². The third-order valence-electron chi connectivity index (χ3n) is 7.44. The first-order valence-electron chi connectivity index (χ1n) is 13.4. The summed E-state index contributed by atoms with van der Waals surface area (Å²) in [6.07, 6.45) is 0.279. The molecule has 220 valence electrons. The number of sulfone groups is 1. The molecule has 0 saturated heterocycles. The molecule has 0 radical (unpaired) electrons. The third kappa shape index (κ3) is 6.65. The Morgan fingerprint density at radius 2 is 1.93 bits per heavy atom. The zero-order valence-electron chi connectivity index (χ0n) is 24.0. The summed E-state index contributed by atoms with van der Waals surface area (Å²) < 4.78 is 66.0. The van der Waals surface area contributed by atoms with Crippen molar-refractivity contribution in [2.24, 2.45) is 5.41 Å². The Balaban J connectivity index is 1.72. The van der Waals surface area contributed by atoms with Crippen LogP contribution in [0.4, 0.5) is 4.39 Å². The van der Waals surface area contributed by atoms with E-state index in [-0.39, 0.29) is 28.5 Å². The van der Waals surface area contributed by atoms with Crippen LogP contribution in [0.2, 0.25) is 5.02 Å². The topological polar surface area (TPSA) is 71.1 Å². The molecule has 0 aliphatic carbocycles. The third-order valence-corrected chi connectivity index (χ3v) is 9.90. The molecule has 3 aromatic rings. The number of halogens is 2. The highest BCUT2D eigenvalue weighted by Crippen LogP contribution is 2.47. The lowest BCUT2D eigenvalue weighted by molar-refractivity contribution is 0.0865. The lowest BCUT2D eigenvalue weighted by atomic mass is 9.82. The molecule has 0 bridgehead atoms. The molecule has 1 aliphatic rings. The number of hydrogen-bond acceptors (Lipinski definition) is 6. The fourth-order valence-electron chi connectivity index (χ4n) is 5.01. The van der Waals surface area contributed by atoms with Crippen molar-refractivity contribution >= 4 is 21.4 Å². The van der Waals surface area contributed by atoms with Gasteiger partial charge in [-0.25, -0.2) is 12.8 Å². The van der Waals surface area contributed by atoms with E-state index in [4.69, 9.17) is 30.5 Å². The Hall–Kier alpha value is -3.23. The predicted molar refractivity (Wildman–Crippen MR) is 158 cm³/mol. The van der Waals surface area contributed by atoms with Gasteiger partial charge in [0.05, 0.1) is 34.6 Å². The zero-order valence-corrected chi connectivity index (χ0v) is 25.6. The summed E-state index contributed by atoms with van der Waals surface area (Å²) in [7, 11) is -2.38. The number of methoxy groups -OCH3 is 1. The van der Waals surface area contributed by atoms with E-state index >= 15 is 0 Å². The maximum atomic E-state index is 14.3. The zero-order chi connectivity index (χ0) is 29.9. The van der Waals surface area contributed by atoms with Crippen molar-refractivity contribution < 1.29 is 31.8 Å². The maximum Gasteiger partial charge on any atom is 0.185 e. The number of aryl methyl sites for hydroxylation is 1. The maximum absolute atomic E-state index is 14.3. The highest BCUT2D eigenvalue weighted by molar-refractivity contribution is 7.91. The summed E-state index contributed by atoms with van der Waals surface area (Å²) in [6, 6.07) is 14.3. The molecule has 4 rings (SSSR count). The number of allylic oxidation sites excluding steroid dienone is 1. The first kappa shape index (κ1) is 30.7. The number of rotatable bonds is 11. The number of fused-ring (bicyclic) bond motifs is 1. The van der Waals surface area contributed by atoms with Crippen LogP contribution in [0.3, 0.4) is 0 Å². The van der Waals surface area contributed by atoms with Crippen molar-refractivity contribution in [2.75, 3.05) is 13.7 Å². The molecular weight excluding hydrogens is 567 g/mol. The fourth-order valence-corrected chi connectivity index (χ4v) is 7.07. The molecule has 9 heteroatoms. The highest BCUT2D eigenvalue weighted by atomic mass is 35.5. The van der Waals surface area contributed by atoms with Gasteiger partial charge in [0.1, 0.15) is 35.8 Å². The molecule has 0 fully saturated rings. The van der Waals surface area contributed by atoms with E-state index in [9.17, 15) is 12.8 Å². The van der Waals surface area contributed by atoms with Crippen LogP contribution in [0, 0.1) is 18.2 Å². The van der Waals surface area contributed by atoms with Crippen molar-refractivity contribution in [3.8, 4) is 17.2 Å². The van der Waals surface area contributed by atoms with Gasteiger partial charge in [-0.05, 0) is 68.3 Å². The first-order valence-corrected chi connectivity index (χ1v) is 15.4. The van der Waals surface area contributed by atoms with E-state index in [1.165, 1.54) is 19.2 Å². The molecule has 0 spiro atoms. The molecule has 6 nitrogen and oxygen atoms in total. The normalized spacial score (nSPS) is 16.9. The van der Waals surface area contributed by atoms with Gasteiger partial charge in [0, 0.05) is 23.0 Å². The van der Waals surface area contributed by atoms with Gasteiger partial charge < -0.3 is 18.9 Å². The van der Waals surface area contributed by atoms with Crippen LogP contribution in [-0.4, -0.2) is 28.2 Å².